The normalized spacial score (nSPS) is 22.1. The number of halogens is 4. The van der Waals surface area contributed by atoms with Gasteiger partial charge in [0.1, 0.15) is 5.82 Å². The van der Waals surface area contributed by atoms with E-state index < -0.39 is 47.1 Å². The van der Waals surface area contributed by atoms with Crippen LogP contribution >= 0.6 is 0 Å². The van der Waals surface area contributed by atoms with Gasteiger partial charge in [-0.1, -0.05) is 26.8 Å². The molecule has 0 saturated carbocycles. The van der Waals surface area contributed by atoms with E-state index in [-0.39, 0.29) is 17.9 Å². The first-order chi connectivity index (χ1) is 12.3. The van der Waals surface area contributed by atoms with Crippen molar-refractivity contribution in [2.45, 2.75) is 58.5 Å². The molecule has 2 rings (SSSR count). The predicted molar refractivity (Wildman–Crippen MR) is 90.9 cm³/mol. The summed E-state index contributed by atoms with van der Waals surface area (Å²) in [6, 6.07) is 0.565. The molecule has 3 atom stereocenters. The monoisotopic (exact) mass is 389 g/mol. The van der Waals surface area contributed by atoms with Crippen LogP contribution in [0.1, 0.15) is 51.3 Å². The molecule has 2 unspecified atom stereocenters. The second-order valence-corrected chi connectivity index (χ2v) is 7.75. The number of benzene rings is 1. The fourth-order valence-electron chi connectivity index (χ4n) is 3.00. The number of hydrogen-bond acceptors (Lipinski definition) is 3. The van der Waals surface area contributed by atoms with Crippen LogP contribution in [0.5, 0.6) is 0 Å². The first-order valence-electron chi connectivity index (χ1n) is 8.51. The SMILES string of the molecule is CC1NC(=O)CC(C(=O)N[C@@H](c2ccc(C(F)(F)F)cc2F)C(C)(C)C)N1. The number of amides is 2. The minimum absolute atomic E-state index is 0.0443. The minimum atomic E-state index is -4.66. The van der Waals surface area contributed by atoms with Gasteiger partial charge in [-0.2, -0.15) is 13.2 Å². The van der Waals surface area contributed by atoms with Crippen LogP contribution in [0.2, 0.25) is 0 Å². The molecule has 1 fully saturated rings. The van der Waals surface area contributed by atoms with Gasteiger partial charge in [0, 0.05) is 5.56 Å². The summed E-state index contributed by atoms with van der Waals surface area (Å²) in [4.78, 5) is 24.2. The number of carbonyl (C=O) groups excluding carboxylic acids is 2. The Morgan fingerprint density at radius 3 is 2.37 bits per heavy atom. The Kier molecular flexibility index (Phi) is 5.84. The fourth-order valence-corrected chi connectivity index (χ4v) is 3.00. The van der Waals surface area contributed by atoms with Gasteiger partial charge < -0.3 is 10.6 Å². The molecule has 0 bridgehead atoms. The van der Waals surface area contributed by atoms with Gasteiger partial charge in [0.25, 0.3) is 0 Å². The predicted octanol–water partition coefficient (Wildman–Crippen LogP) is 2.87. The van der Waals surface area contributed by atoms with Crippen molar-refractivity contribution in [1.29, 1.82) is 0 Å². The summed E-state index contributed by atoms with van der Waals surface area (Å²) >= 11 is 0. The molecule has 5 nitrogen and oxygen atoms in total. The standard InChI is InChI=1S/C18H23F4N3O2/c1-9-23-13(8-14(26)24-9)16(27)25-15(17(2,3)4)11-6-5-10(7-12(11)19)18(20,21)22/h5-7,9,13,15,23H,8H2,1-4H3,(H,24,26)(H,25,27)/t9?,13?,15-/m0/s1. The summed E-state index contributed by atoms with van der Waals surface area (Å²) in [5.41, 5.74) is -1.82. The van der Waals surface area contributed by atoms with E-state index in [9.17, 15) is 27.2 Å². The van der Waals surface area contributed by atoms with E-state index in [0.717, 1.165) is 12.1 Å². The molecule has 1 aromatic rings. The van der Waals surface area contributed by atoms with Crippen LogP contribution in [0.3, 0.4) is 0 Å². The number of hydrogen-bond donors (Lipinski definition) is 3. The lowest BCUT2D eigenvalue weighted by atomic mass is 9.81. The highest BCUT2D eigenvalue weighted by atomic mass is 19.4. The summed E-state index contributed by atoms with van der Waals surface area (Å²) in [6.07, 6.45) is -5.14. The highest BCUT2D eigenvalue weighted by Crippen LogP contribution is 2.37. The third kappa shape index (κ3) is 5.18. The van der Waals surface area contributed by atoms with E-state index in [1.165, 1.54) is 0 Å². The van der Waals surface area contributed by atoms with Crippen molar-refractivity contribution < 1.29 is 27.2 Å². The number of carbonyl (C=O) groups is 2. The van der Waals surface area contributed by atoms with Gasteiger partial charge in [0.05, 0.1) is 30.2 Å². The highest BCUT2D eigenvalue weighted by Gasteiger charge is 2.36. The summed E-state index contributed by atoms with van der Waals surface area (Å²) in [5, 5.41) is 8.20. The topological polar surface area (TPSA) is 70.2 Å². The smallest absolute Gasteiger partial charge is 0.347 e. The average molecular weight is 389 g/mol. The van der Waals surface area contributed by atoms with Crippen LogP contribution in [-0.2, 0) is 15.8 Å². The summed E-state index contributed by atoms with van der Waals surface area (Å²) in [7, 11) is 0. The molecule has 0 aliphatic carbocycles. The van der Waals surface area contributed by atoms with Crippen molar-refractivity contribution >= 4 is 11.8 Å². The van der Waals surface area contributed by atoms with Gasteiger partial charge in [-0.05, 0) is 24.5 Å². The zero-order valence-electron chi connectivity index (χ0n) is 15.5. The van der Waals surface area contributed by atoms with Gasteiger partial charge in [-0.3, -0.25) is 14.9 Å². The molecule has 0 spiro atoms. The van der Waals surface area contributed by atoms with E-state index in [1.54, 1.807) is 27.7 Å². The third-order valence-electron chi connectivity index (χ3n) is 4.33. The largest absolute Gasteiger partial charge is 0.416 e. The van der Waals surface area contributed by atoms with Gasteiger partial charge in [0.2, 0.25) is 11.8 Å². The molecule has 0 radical (unpaired) electrons. The van der Waals surface area contributed by atoms with Crippen LogP contribution < -0.4 is 16.0 Å². The Hall–Kier alpha value is -2.16. The molecular formula is C18H23F4N3O2. The minimum Gasteiger partial charge on any atom is -0.347 e. The average Bonchev–Trinajstić information content (AvgIpc) is 2.49. The Labute approximate surface area is 154 Å². The molecule has 2 amide bonds. The van der Waals surface area contributed by atoms with Crippen LogP contribution in [-0.4, -0.2) is 24.0 Å². The van der Waals surface area contributed by atoms with Gasteiger partial charge in [-0.15, -0.1) is 0 Å². The summed E-state index contributed by atoms with van der Waals surface area (Å²) in [6.45, 7) is 6.88. The Morgan fingerprint density at radius 2 is 1.89 bits per heavy atom. The van der Waals surface area contributed by atoms with Crippen LogP contribution in [0.25, 0.3) is 0 Å². The number of alkyl halides is 3. The van der Waals surface area contributed by atoms with Crippen LogP contribution in [0.15, 0.2) is 18.2 Å². The molecule has 150 valence electrons. The molecule has 27 heavy (non-hydrogen) atoms. The Bertz CT molecular complexity index is 728. The first-order valence-corrected chi connectivity index (χ1v) is 8.51. The maximum absolute atomic E-state index is 14.4. The lowest BCUT2D eigenvalue weighted by Crippen LogP contribution is -2.60. The summed E-state index contributed by atoms with van der Waals surface area (Å²) in [5.74, 6) is -1.86. The van der Waals surface area contributed by atoms with Crippen molar-refractivity contribution in [2.24, 2.45) is 5.41 Å². The van der Waals surface area contributed by atoms with Gasteiger partial charge >= 0.3 is 6.18 Å². The fraction of sp³-hybridized carbons (Fsp3) is 0.556. The molecular weight excluding hydrogens is 366 g/mol. The number of nitrogens with one attached hydrogen (secondary N) is 3. The molecule has 1 saturated heterocycles. The Morgan fingerprint density at radius 1 is 1.26 bits per heavy atom. The quantitative estimate of drug-likeness (QED) is 0.697. The van der Waals surface area contributed by atoms with Crippen molar-refractivity contribution in [1.82, 2.24) is 16.0 Å². The van der Waals surface area contributed by atoms with Crippen LogP contribution in [0, 0.1) is 11.2 Å². The molecule has 1 aliphatic rings. The molecule has 3 N–H and O–H groups in total. The third-order valence-corrected chi connectivity index (χ3v) is 4.33. The van der Waals surface area contributed by atoms with E-state index >= 15 is 0 Å². The van der Waals surface area contributed by atoms with Crippen molar-refractivity contribution in [3.63, 3.8) is 0 Å². The number of rotatable bonds is 3. The summed E-state index contributed by atoms with van der Waals surface area (Å²) < 4.78 is 52.8. The molecule has 1 heterocycles. The maximum Gasteiger partial charge on any atom is 0.416 e. The second-order valence-electron chi connectivity index (χ2n) is 7.75. The van der Waals surface area contributed by atoms with Crippen molar-refractivity contribution in [3.8, 4) is 0 Å². The van der Waals surface area contributed by atoms with E-state index in [4.69, 9.17) is 0 Å². The first kappa shape index (κ1) is 21.1. The molecule has 1 aromatic carbocycles. The van der Waals surface area contributed by atoms with E-state index in [2.05, 4.69) is 16.0 Å². The van der Waals surface area contributed by atoms with Crippen molar-refractivity contribution in [2.75, 3.05) is 0 Å². The molecule has 9 heteroatoms. The lowest BCUT2D eigenvalue weighted by molar-refractivity contribution is -0.137. The molecule has 1 aliphatic heterocycles. The van der Waals surface area contributed by atoms with E-state index in [1.807, 2.05) is 0 Å². The second kappa shape index (κ2) is 7.46. The van der Waals surface area contributed by atoms with E-state index in [0.29, 0.717) is 6.07 Å². The Balaban J connectivity index is 2.29. The van der Waals surface area contributed by atoms with Crippen LogP contribution in [0.4, 0.5) is 17.6 Å². The van der Waals surface area contributed by atoms with Crippen molar-refractivity contribution in [3.05, 3.63) is 35.1 Å². The lowest BCUT2D eigenvalue weighted by Gasteiger charge is -2.35. The van der Waals surface area contributed by atoms with Gasteiger partial charge in [0.15, 0.2) is 0 Å². The zero-order valence-corrected chi connectivity index (χ0v) is 15.5. The van der Waals surface area contributed by atoms with Gasteiger partial charge in [-0.25, -0.2) is 4.39 Å². The maximum atomic E-state index is 14.4. The molecule has 0 aromatic heterocycles. The zero-order chi connectivity index (χ0) is 20.6. The highest BCUT2D eigenvalue weighted by molar-refractivity contribution is 5.89.